The smallest absolute Gasteiger partial charge is 0.251 e. The Morgan fingerprint density at radius 3 is 2.60 bits per heavy atom. The van der Waals surface area contributed by atoms with Crippen molar-refractivity contribution >= 4 is 18.2 Å². The van der Waals surface area contributed by atoms with E-state index < -0.39 is 5.95 Å². The maximum atomic E-state index is 12.9. The molecule has 0 atom stereocenters. The van der Waals surface area contributed by atoms with E-state index in [1.807, 2.05) is 28.9 Å². The third kappa shape index (κ3) is 4.22. The molecule has 1 saturated carbocycles. The first-order chi connectivity index (χ1) is 14.6. The lowest BCUT2D eigenvalue weighted by Crippen LogP contribution is -2.23. The zero-order valence-electron chi connectivity index (χ0n) is 16.8. The quantitative estimate of drug-likeness (QED) is 0.577. The maximum absolute atomic E-state index is 12.9. The highest BCUT2D eigenvalue weighted by Crippen LogP contribution is 2.41. The van der Waals surface area contributed by atoms with Gasteiger partial charge in [0, 0.05) is 41.7 Å². The normalized spacial score (nSPS) is 13.5. The molecule has 1 amide bonds. The van der Waals surface area contributed by atoms with Crippen molar-refractivity contribution in [2.75, 3.05) is 6.54 Å². The number of nitrogens with zero attached hydrogens (tertiary/aromatic N) is 3. The molecule has 1 aliphatic carbocycles. The molecule has 3 aromatic rings. The minimum atomic E-state index is -0.516. The molecule has 1 aromatic carbocycles. The molecule has 1 aliphatic rings. The van der Waals surface area contributed by atoms with Crippen molar-refractivity contribution in [2.45, 2.75) is 25.7 Å². The number of carbonyl (C=O) groups is 1. The molecule has 30 heavy (non-hydrogen) atoms. The fraction of sp³-hybridized carbons (Fsp3) is 0.208. The van der Waals surface area contributed by atoms with Gasteiger partial charge in [0.05, 0.1) is 5.69 Å². The van der Waals surface area contributed by atoms with Crippen LogP contribution in [0.15, 0.2) is 55.3 Å². The second-order valence-corrected chi connectivity index (χ2v) is 7.33. The van der Waals surface area contributed by atoms with Crippen LogP contribution in [0.5, 0.6) is 0 Å². The van der Waals surface area contributed by atoms with Crippen molar-refractivity contribution in [3.8, 4) is 11.1 Å². The molecule has 0 saturated heterocycles. The van der Waals surface area contributed by atoms with E-state index in [4.69, 9.17) is 4.98 Å². The van der Waals surface area contributed by atoms with Crippen molar-refractivity contribution in [1.29, 1.82) is 0 Å². The Labute approximate surface area is 175 Å². The van der Waals surface area contributed by atoms with E-state index in [0.29, 0.717) is 18.0 Å². The summed E-state index contributed by atoms with van der Waals surface area (Å²) in [5, 5.41) is 2.88. The van der Waals surface area contributed by atoms with E-state index in [1.54, 1.807) is 24.4 Å². The van der Waals surface area contributed by atoms with Gasteiger partial charge in [-0.15, -0.1) is 0 Å². The van der Waals surface area contributed by atoms with E-state index in [1.165, 1.54) is 25.1 Å². The van der Waals surface area contributed by atoms with Crippen LogP contribution < -0.4 is 5.32 Å². The molecule has 4 rings (SSSR count). The molecular formula is C24H23FN4O. The van der Waals surface area contributed by atoms with Crippen LogP contribution in [-0.4, -0.2) is 27.0 Å². The van der Waals surface area contributed by atoms with Crippen LogP contribution in [0.1, 0.15) is 46.3 Å². The second-order valence-electron chi connectivity index (χ2n) is 7.33. The molecule has 2 heterocycles. The van der Waals surface area contributed by atoms with Crippen molar-refractivity contribution in [3.63, 3.8) is 0 Å². The Kier molecular flexibility index (Phi) is 5.57. The average molecular weight is 402 g/mol. The molecule has 2 aromatic heterocycles. The summed E-state index contributed by atoms with van der Waals surface area (Å²) >= 11 is 0. The molecule has 0 unspecified atom stereocenters. The van der Waals surface area contributed by atoms with Crippen molar-refractivity contribution < 1.29 is 9.18 Å². The fourth-order valence-electron chi connectivity index (χ4n) is 3.42. The van der Waals surface area contributed by atoms with Gasteiger partial charge >= 0.3 is 0 Å². The van der Waals surface area contributed by atoms with Gasteiger partial charge < -0.3 is 9.88 Å². The first-order valence-corrected chi connectivity index (χ1v) is 9.95. The fourth-order valence-corrected chi connectivity index (χ4v) is 3.42. The molecule has 0 radical (unpaired) electrons. The number of hydrogen-bond acceptors (Lipinski definition) is 3. The van der Waals surface area contributed by atoms with Crippen LogP contribution in [-0.2, 0) is 0 Å². The minimum absolute atomic E-state index is 0.162. The van der Waals surface area contributed by atoms with Crippen molar-refractivity contribution in [3.05, 3.63) is 84.0 Å². The van der Waals surface area contributed by atoms with Crippen LogP contribution >= 0.6 is 0 Å². The Morgan fingerprint density at radius 1 is 1.23 bits per heavy atom. The summed E-state index contributed by atoms with van der Waals surface area (Å²) in [6.45, 7) is 6.33. The third-order valence-corrected chi connectivity index (χ3v) is 5.22. The number of aromatic nitrogens is 3. The Morgan fingerprint density at radius 2 is 1.97 bits per heavy atom. The van der Waals surface area contributed by atoms with E-state index >= 15 is 0 Å². The van der Waals surface area contributed by atoms with Gasteiger partial charge in [-0.1, -0.05) is 24.8 Å². The molecule has 0 spiro atoms. The average Bonchev–Trinajstić information content (AvgIpc) is 3.55. The third-order valence-electron chi connectivity index (χ3n) is 5.22. The zero-order valence-corrected chi connectivity index (χ0v) is 16.8. The maximum Gasteiger partial charge on any atom is 0.251 e. The molecule has 0 bridgehead atoms. The van der Waals surface area contributed by atoms with Gasteiger partial charge in [-0.05, 0) is 55.7 Å². The Hall–Kier alpha value is -3.54. The molecule has 6 heteroatoms. The summed E-state index contributed by atoms with van der Waals surface area (Å²) in [6, 6.07) is 10.1. The van der Waals surface area contributed by atoms with Gasteiger partial charge in [-0.2, -0.15) is 4.39 Å². The van der Waals surface area contributed by atoms with E-state index in [-0.39, 0.29) is 5.91 Å². The minimum Gasteiger partial charge on any atom is -0.349 e. The van der Waals surface area contributed by atoms with Crippen molar-refractivity contribution in [1.82, 2.24) is 19.9 Å². The lowest BCUT2D eigenvalue weighted by atomic mass is 10.1. The number of benzene rings is 1. The summed E-state index contributed by atoms with van der Waals surface area (Å²) in [7, 11) is 0. The lowest BCUT2D eigenvalue weighted by Gasteiger charge is -2.05. The first-order valence-electron chi connectivity index (χ1n) is 9.95. The molecular weight excluding hydrogens is 379 g/mol. The number of pyridine rings is 1. The van der Waals surface area contributed by atoms with Gasteiger partial charge in [-0.25, -0.2) is 9.97 Å². The SMILES string of the molecule is C=Cn1c(/C=C\CNC(=O)c2ccc(-c3ccc(F)nc3)cc2)nc(C2CC2)c1C. The van der Waals surface area contributed by atoms with Crippen LogP contribution in [0.2, 0.25) is 0 Å². The van der Waals surface area contributed by atoms with E-state index in [9.17, 15) is 9.18 Å². The highest BCUT2D eigenvalue weighted by molar-refractivity contribution is 5.94. The van der Waals surface area contributed by atoms with Gasteiger partial charge in [0.25, 0.3) is 5.91 Å². The second kappa shape index (κ2) is 8.45. The van der Waals surface area contributed by atoms with Crippen molar-refractivity contribution in [2.24, 2.45) is 0 Å². The number of amides is 1. The molecule has 0 aliphatic heterocycles. The number of hydrogen-bond donors (Lipinski definition) is 1. The number of carbonyl (C=O) groups excluding carboxylic acids is 1. The Bertz CT molecular complexity index is 1090. The van der Waals surface area contributed by atoms with E-state index in [0.717, 1.165) is 28.3 Å². The summed E-state index contributed by atoms with van der Waals surface area (Å²) in [4.78, 5) is 20.8. The molecule has 1 N–H and O–H groups in total. The first kappa shape index (κ1) is 19.8. The van der Waals surface area contributed by atoms with E-state index in [2.05, 4.69) is 23.8 Å². The highest BCUT2D eigenvalue weighted by atomic mass is 19.1. The van der Waals surface area contributed by atoms with Crippen LogP contribution in [0.3, 0.4) is 0 Å². The summed E-state index contributed by atoms with van der Waals surface area (Å²) < 4.78 is 14.9. The number of nitrogens with one attached hydrogen (secondary N) is 1. The van der Waals surface area contributed by atoms with Gasteiger partial charge in [0.1, 0.15) is 5.82 Å². The van der Waals surface area contributed by atoms with Gasteiger partial charge in [-0.3, -0.25) is 4.79 Å². The number of imidazole rings is 1. The van der Waals surface area contributed by atoms with Crippen LogP contribution in [0.4, 0.5) is 4.39 Å². The van der Waals surface area contributed by atoms with Gasteiger partial charge in [0.15, 0.2) is 0 Å². The van der Waals surface area contributed by atoms with Gasteiger partial charge in [0.2, 0.25) is 5.95 Å². The molecule has 1 fully saturated rings. The molecule has 5 nitrogen and oxygen atoms in total. The van der Waals surface area contributed by atoms with Crippen LogP contribution in [0.25, 0.3) is 23.4 Å². The Balaban J connectivity index is 1.36. The predicted octanol–water partition coefficient (Wildman–Crippen LogP) is 4.81. The summed E-state index contributed by atoms with van der Waals surface area (Å²) in [5.41, 5.74) is 4.51. The van der Waals surface area contributed by atoms with Crippen LogP contribution in [0, 0.1) is 12.9 Å². The zero-order chi connectivity index (χ0) is 21.1. The monoisotopic (exact) mass is 402 g/mol. The number of halogens is 1. The molecule has 152 valence electrons. The standard InChI is InChI=1S/C24H23FN4O/c1-3-29-16(2)23(18-8-9-18)28-22(29)5-4-14-26-24(30)19-10-6-17(7-11-19)20-12-13-21(25)27-15-20/h3-7,10-13,15,18H,1,8-9,14H2,2H3,(H,26,30)/b5-4-. The highest BCUT2D eigenvalue weighted by Gasteiger charge is 2.29. The number of rotatable bonds is 7. The lowest BCUT2D eigenvalue weighted by molar-refractivity contribution is 0.0958. The topological polar surface area (TPSA) is 59.8 Å². The largest absolute Gasteiger partial charge is 0.349 e. The predicted molar refractivity (Wildman–Crippen MR) is 116 cm³/mol. The summed E-state index contributed by atoms with van der Waals surface area (Å²) in [6.07, 6.45) is 9.43. The summed E-state index contributed by atoms with van der Waals surface area (Å²) in [5.74, 6) is 0.727.